The van der Waals surface area contributed by atoms with Crippen LogP contribution in [0.5, 0.6) is 11.5 Å². The van der Waals surface area contributed by atoms with Crippen LogP contribution in [0.1, 0.15) is 36.6 Å². The lowest BCUT2D eigenvalue weighted by Gasteiger charge is -2.15. The van der Waals surface area contributed by atoms with E-state index in [0.717, 1.165) is 28.9 Å². The summed E-state index contributed by atoms with van der Waals surface area (Å²) >= 11 is 3.53. The zero-order valence-electron chi connectivity index (χ0n) is 12.9. The van der Waals surface area contributed by atoms with Crippen LogP contribution in [0.15, 0.2) is 40.9 Å². The van der Waals surface area contributed by atoms with Gasteiger partial charge in [0, 0.05) is 12.6 Å². The van der Waals surface area contributed by atoms with Crippen LogP contribution >= 0.6 is 15.9 Å². The fourth-order valence-electron chi connectivity index (χ4n) is 2.55. The smallest absolute Gasteiger partial charge is 0.231 e. The average Bonchev–Trinajstić information content (AvgIpc) is 3.02. The van der Waals surface area contributed by atoms with E-state index in [4.69, 9.17) is 9.47 Å². The molecule has 0 bridgehead atoms. The van der Waals surface area contributed by atoms with Crippen molar-refractivity contribution in [3.8, 4) is 11.5 Å². The molecule has 0 radical (unpaired) electrons. The fraction of sp³-hybridized carbons (Fsp3) is 0.333. The molecule has 0 saturated carbocycles. The minimum absolute atomic E-state index is 0.297. The molecule has 1 unspecified atom stereocenters. The van der Waals surface area contributed by atoms with Crippen LogP contribution in [0.2, 0.25) is 0 Å². The van der Waals surface area contributed by atoms with Crippen LogP contribution in [0.25, 0.3) is 0 Å². The summed E-state index contributed by atoms with van der Waals surface area (Å²) in [6, 6.07) is 13.2. The van der Waals surface area contributed by atoms with E-state index in [-0.39, 0.29) is 0 Å². The van der Waals surface area contributed by atoms with Gasteiger partial charge in [0.15, 0.2) is 11.5 Å². The zero-order chi connectivity index (χ0) is 15.5. The molecular weight excluding hydrogens is 342 g/mol. The molecular formula is C18H20BrNO2. The van der Waals surface area contributed by atoms with Gasteiger partial charge in [-0.25, -0.2) is 0 Å². The Kier molecular flexibility index (Phi) is 4.69. The summed E-state index contributed by atoms with van der Waals surface area (Å²) in [6.45, 7) is 5.44. The van der Waals surface area contributed by atoms with Gasteiger partial charge in [0.05, 0.1) is 4.47 Å². The van der Waals surface area contributed by atoms with Gasteiger partial charge in [-0.05, 0) is 58.1 Å². The van der Waals surface area contributed by atoms with Gasteiger partial charge in [-0.15, -0.1) is 0 Å². The van der Waals surface area contributed by atoms with Crippen LogP contribution in [0.3, 0.4) is 0 Å². The van der Waals surface area contributed by atoms with Crippen molar-refractivity contribution in [3.63, 3.8) is 0 Å². The third-order valence-electron chi connectivity index (χ3n) is 3.99. The quantitative estimate of drug-likeness (QED) is 0.844. The predicted molar refractivity (Wildman–Crippen MR) is 91.3 cm³/mol. The Balaban J connectivity index is 1.65. The Bertz CT molecular complexity index is 655. The molecule has 2 aromatic rings. The molecule has 1 N–H and O–H groups in total. The molecule has 3 nitrogen and oxygen atoms in total. The molecule has 0 fully saturated rings. The highest BCUT2D eigenvalue weighted by molar-refractivity contribution is 9.10. The Morgan fingerprint density at radius 3 is 2.64 bits per heavy atom. The van der Waals surface area contributed by atoms with Crippen molar-refractivity contribution in [1.29, 1.82) is 0 Å². The van der Waals surface area contributed by atoms with Gasteiger partial charge in [-0.2, -0.15) is 0 Å². The lowest BCUT2D eigenvalue weighted by Crippen LogP contribution is -2.18. The molecule has 1 atom stereocenters. The zero-order valence-corrected chi connectivity index (χ0v) is 14.4. The van der Waals surface area contributed by atoms with Gasteiger partial charge in [0.1, 0.15) is 0 Å². The Hall–Kier alpha value is -1.52. The van der Waals surface area contributed by atoms with Gasteiger partial charge in [-0.1, -0.05) is 31.2 Å². The molecule has 1 aliphatic heterocycles. The second-order valence-electron chi connectivity index (χ2n) is 5.51. The molecule has 1 heterocycles. The summed E-state index contributed by atoms with van der Waals surface area (Å²) in [7, 11) is 0. The number of halogens is 1. The highest BCUT2D eigenvalue weighted by Gasteiger charge is 2.18. The highest BCUT2D eigenvalue weighted by atomic mass is 79.9. The number of aryl methyl sites for hydroxylation is 1. The molecule has 0 spiro atoms. The van der Waals surface area contributed by atoms with Gasteiger partial charge >= 0.3 is 0 Å². The van der Waals surface area contributed by atoms with E-state index < -0.39 is 0 Å². The minimum Gasteiger partial charge on any atom is -0.454 e. The van der Waals surface area contributed by atoms with Crippen molar-refractivity contribution in [2.45, 2.75) is 32.9 Å². The number of rotatable bonds is 5. The van der Waals surface area contributed by atoms with Crippen molar-refractivity contribution in [2.75, 3.05) is 6.79 Å². The normalized spacial score (nSPS) is 14.1. The van der Waals surface area contributed by atoms with Crippen molar-refractivity contribution < 1.29 is 9.47 Å². The molecule has 0 aromatic heterocycles. The number of fused-ring (bicyclic) bond motifs is 1. The Labute approximate surface area is 139 Å². The number of hydrogen-bond acceptors (Lipinski definition) is 3. The Morgan fingerprint density at radius 2 is 1.91 bits per heavy atom. The molecule has 0 aliphatic carbocycles. The lowest BCUT2D eigenvalue weighted by atomic mass is 10.0. The minimum atomic E-state index is 0.297. The monoisotopic (exact) mass is 361 g/mol. The molecule has 22 heavy (non-hydrogen) atoms. The van der Waals surface area contributed by atoms with Gasteiger partial charge in [-0.3, -0.25) is 0 Å². The molecule has 116 valence electrons. The van der Waals surface area contributed by atoms with Gasteiger partial charge in [0.2, 0.25) is 6.79 Å². The fourth-order valence-corrected chi connectivity index (χ4v) is 3.16. The summed E-state index contributed by atoms with van der Waals surface area (Å²) in [5.74, 6) is 1.61. The average molecular weight is 362 g/mol. The maximum atomic E-state index is 5.46. The first-order valence-corrected chi connectivity index (χ1v) is 8.37. The summed E-state index contributed by atoms with van der Waals surface area (Å²) in [6.07, 6.45) is 1.08. The highest BCUT2D eigenvalue weighted by Crippen LogP contribution is 2.40. The number of nitrogens with one attached hydrogen (secondary N) is 1. The van der Waals surface area contributed by atoms with Crippen LogP contribution in [-0.2, 0) is 13.0 Å². The lowest BCUT2D eigenvalue weighted by molar-refractivity contribution is 0.173. The van der Waals surface area contributed by atoms with Gasteiger partial charge in [0.25, 0.3) is 0 Å². The molecule has 3 rings (SSSR count). The molecule has 0 amide bonds. The maximum Gasteiger partial charge on any atom is 0.231 e. The van der Waals surface area contributed by atoms with Crippen LogP contribution in [0.4, 0.5) is 0 Å². The maximum absolute atomic E-state index is 5.46. The Morgan fingerprint density at radius 1 is 1.14 bits per heavy atom. The van der Waals surface area contributed by atoms with Crippen molar-refractivity contribution in [3.05, 3.63) is 57.6 Å². The summed E-state index contributed by atoms with van der Waals surface area (Å²) in [4.78, 5) is 0. The number of hydrogen-bond donors (Lipinski definition) is 1. The van der Waals surface area contributed by atoms with Crippen LogP contribution in [-0.4, -0.2) is 6.79 Å². The summed E-state index contributed by atoms with van der Waals surface area (Å²) in [5.41, 5.74) is 3.85. The van der Waals surface area contributed by atoms with E-state index in [1.807, 2.05) is 6.07 Å². The first kappa shape index (κ1) is 15.4. The van der Waals surface area contributed by atoms with E-state index in [9.17, 15) is 0 Å². The third-order valence-corrected chi connectivity index (χ3v) is 4.58. The van der Waals surface area contributed by atoms with Crippen molar-refractivity contribution >= 4 is 15.9 Å². The molecule has 2 aromatic carbocycles. The predicted octanol–water partition coefficient (Wildman–Crippen LogP) is 4.59. The van der Waals surface area contributed by atoms with E-state index in [1.165, 1.54) is 16.7 Å². The van der Waals surface area contributed by atoms with E-state index in [1.54, 1.807) is 0 Å². The first-order valence-electron chi connectivity index (χ1n) is 7.57. The SMILES string of the molecule is CCc1ccc(C(C)NCc2cc(Br)c3c(c2)OCO3)cc1. The molecule has 4 heteroatoms. The second kappa shape index (κ2) is 6.71. The van der Waals surface area contributed by atoms with Crippen LogP contribution < -0.4 is 14.8 Å². The first-order chi connectivity index (χ1) is 10.7. The standard InChI is InChI=1S/C18H20BrNO2/c1-3-13-4-6-15(7-5-13)12(2)20-10-14-8-16(19)18-17(9-14)21-11-22-18/h4-9,12,20H,3,10-11H2,1-2H3. The second-order valence-corrected chi connectivity index (χ2v) is 6.36. The van der Waals surface area contributed by atoms with E-state index in [2.05, 4.69) is 65.4 Å². The topological polar surface area (TPSA) is 30.5 Å². The number of ether oxygens (including phenoxy) is 2. The molecule has 1 aliphatic rings. The van der Waals surface area contributed by atoms with E-state index >= 15 is 0 Å². The third kappa shape index (κ3) is 3.28. The summed E-state index contributed by atoms with van der Waals surface area (Å²) < 4.78 is 11.8. The number of benzene rings is 2. The van der Waals surface area contributed by atoms with Gasteiger partial charge < -0.3 is 14.8 Å². The molecule has 0 saturated heterocycles. The largest absolute Gasteiger partial charge is 0.454 e. The van der Waals surface area contributed by atoms with E-state index in [0.29, 0.717) is 12.8 Å². The van der Waals surface area contributed by atoms with Crippen molar-refractivity contribution in [2.24, 2.45) is 0 Å². The van der Waals surface area contributed by atoms with Crippen LogP contribution in [0, 0.1) is 0 Å². The summed E-state index contributed by atoms with van der Waals surface area (Å²) in [5, 5.41) is 3.55. The van der Waals surface area contributed by atoms with Crippen molar-refractivity contribution in [1.82, 2.24) is 5.32 Å².